The third kappa shape index (κ3) is 4.00. The van der Waals surface area contributed by atoms with Gasteiger partial charge in [-0.2, -0.15) is 0 Å². The molecule has 0 unspecified atom stereocenters. The number of nitrogens with zero attached hydrogens (tertiary/aromatic N) is 2. The zero-order valence-corrected chi connectivity index (χ0v) is 17.2. The predicted octanol–water partition coefficient (Wildman–Crippen LogP) is 4.18. The Morgan fingerprint density at radius 3 is 2.93 bits per heavy atom. The summed E-state index contributed by atoms with van der Waals surface area (Å²) in [4.78, 5) is 18.8. The lowest BCUT2D eigenvalue weighted by molar-refractivity contribution is 0.128. The number of thiophene rings is 1. The van der Waals surface area contributed by atoms with Gasteiger partial charge in [0.2, 0.25) is 0 Å². The van der Waals surface area contributed by atoms with Gasteiger partial charge in [-0.3, -0.25) is 9.36 Å². The van der Waals surface area contributed by atoms with E-state index < -0.39 is 0 Å². The Morgan fingerprint density at radius 1 is 1.39 bits per heavy atom. The van der Waals surface area contributed by atoms with Crippen LogP contribution in [0.1, 0.15) is 12.8 Å². The molecular weight excluding hydrogens is 399 g/mol. The molecule has 8 heteroatoms. The molecule has 0 bridgehead atoms. The standard InChI is InChI=1S/C20H21FN2O3S2/c1-25-10-8-23-19(24)17-16(13-4-6-14(21)7-5-13)12-27-18(17)22-20(23)28-11-15-3-2-9-26-15/h4-7,12,15H,2-3,8-11H2,1H3/t15-/m1/s1. The lowest BCUT2D eigenvalue weighted by Crippen LogP contribution is -2.25. The minimum Gasteiger partial charge on any atom is -0.383 e. The Hall–Kier alpha value is -1.74. The van der Waals surface area contributed by atoms with E-state index in [-0.39, 0.29) is 17.5 Å². The molecule has 1 atom stereocenters. The Kier molecular flexibility index (Phi) is 6.10. The maximum Gasteiger partial charge on any atom is 0.263 e. The number of halogens is 1. The van der Waals surface area contributed by atoms with Crippen molar-refractivity contribution in [2.24, 2.45) is 0 Å². The van der Waals surface area contributed by atoms with Gasteiger partial charge in [-0.25, -0.2) is 9.37 Å². The summed E-state index contributed by atoms with van der Waals surface area (Å²) in [5, 5.41) is 3.19. The quantitative estimate of drug-likeness (QED) is 0.424. The van der Waals surface area contributed by atoms with E-state index in [1.54, 1.807) is 35.6 Å². The van der Waals surface area contributed by atoms with Gasteiger partial charge in [0.05, 0.1) is 24.6 Å². The van der Waals surface area contributed by atoms with Crippen molar-refractivity contribution in [2.75, 3.05) is 26.1 Å². The fraction of sp³-hybridized carbons (Fsp3) is 0.400. The highest BCUT2D eigenvalue weighted by Crippen LogP contribution is 2.32. The van der Waals surface area contributed by atoms with Gasteiger partial charge in [0.25, 0.3) is 5.56 Å². The first kappa shape index (κ1) is 19.6. The second-order valence-electron chi connectivity index (χ2n) is 6.63. The molecule has 3 aromatic rings. The SMILES string of the molecule is COCCn1c(SC[C@H]2CCCO2)nc2scc(-c3ccc(F)cc3)c2c1=O. The summed E-state index contributed by atoms with van der Waals surface area (Å²) in [6.07, 6.45) is 2.34. The van der Waals surface area contributed by atoms with Crippen molar-refractivity contribution in [3.8, 4) is 11.1 Å². The van der Waals surface area contributed by atoms with E-state index in [9.17, 15) is 9.18 Å². The first-order valence-corrected chi connectivity index (χ1v) is 11.0. The van der Waals surface area contributed by atoms with Crippen molar-refractivity contribution in [2.45, 2.75) is 30.6 Å². The minimum atomic E-state index is -0.299. The summed E-state index contributed by atoms with van der Waals surface area (Å²) in [6.45, 7) is 1.67. The van der Waals surface area contributed by atoms with Crippen LogP contribution in [0.4, 0.5) is 4.39 Å². The van der Waals surface area contributed by atoms with Crippen molar-refractivity contribution in [1.82, 2.24) is 9.55 Å². The number of ether oxygens (including phenoxy) is 2. The Balaban J connectivity index is 1.75. The molecule has 4 rings (SSSR count). The zero-order chi connectivity index (χ0) is 19.5. The highest BCUT2D eigenvalue weighted by Gasteiger charge is 2.20. The van der Waals surface area contributed by atoms with E-state index in [1.807, 2.05) is 5.38 Å². The number of fused-ring (bicyclic) bond motifs is 1. The molecule has 1 fully saturated rings. The van der Waals surface area contributed by atoms with Crippen LogP contribution in [0, 0.1) is 5.82 Å². The molecule has 0 radical (unpaired) electrons. The van der Waals surface area contributed by atoms with Crippen LogP contribution in [0.15, 0.2) is 39.6 Å². The molecule has 1 aromatic carbocycles. The number of benzene rings is 1. The maximum atomic E-state index is 13.3. The van der Waals surface area contributed by atoms with Gasteiger partial charge in [0, 0.05) is 30.4 Å². The first-order chi connectivity index (χ1) is 13.7. The van der Waals surface area contributed by atoms with Crippen LogP contribution in [0.25, 0.3) is 21.3 Å². The number of methoxy groups -OCH3 is 1. The molecule has 1 aliphatic heterocycles. The van der Waals surface area contributed by atoms with Gasteiger partial charge in [-0.15, -0.1) is 11.3 Å². The minimum absolute atomic E-state index is 0.0857. The second kappa shape index (κ2) is 8.73. The number of hydrogen-bond donors (Lipinski definition) is 0. The highest BCUT2D eigenvalue weighted by atomic mass is 32.2. The molecule has 0 amide bonds. The van der Waals surface area contributed by atoms with Crippen LogP contribution in [-0.4, -0.2) is 41.7 Å². The van der Waals surface area contributed by atoms with Gasteiger partial charge in [0.1, 0.15) is 10.6 Å². The van der Waals surface area contributed by atoms with E-state index in [2.05, 4.69) is 0 Å². The van der Waals surface area contributed by atoms with E-state index in [0.717, 1.165) is 36.3 Å². The molecule has 1 saturated heterocycles. The number of rotatable bonds is 7. The number of aromatic nitrogens is 2. The van der Waals surface area contributed by atoms with Crippen LogP contribution in [0.3, 0.4) is 0 Å². The van der Waals surface area contributed by atoms with Crippen molar-refractivity contribution >= 4 is 33.3 Å². The van der Waals surface area contributed by atoms with Crippen molar-refractivity contribution in [3.05, 3.63) is 45.8 Å². The van der Waals surface area contributed by atoms with Crippen LogP contribution in [0.5, 0.6) is 0 Å². The van der Waals surface area contributed by atoms with Crippen molar-refractivity contribution in [1.29, 1.82) is 0 Å². The van der Waals surface area contributed by atoms with E-state index in [0.29, 0.717) is 28.5 Å². The fourth-order valence-electron chi connectivity index (χ4n) is 3.28. The Bertz CT molecular complexity index is 1010. The molecule has 148 valence electrons. The third-order valence-electron chi connectivity index (χ3n) is 4.76. The summed E-state index contributed by atoms with van der Waals surface area (Å²) in [7, 11) is 1.62. The third-order valence-corrected chi connectivity index (χ3v) is 6.74. The molecule has 2 aromatic heterocycles. The molecule has 0 N–H and O–H groups in total. The summed E-state index contributed by atoms with van der Waals surface area (Å²) in [6, 6.07) is 6.19. The Labute approximate surface area is 170 Å². The largest absolute Gasteiger partial charge is 0.383 e. The van der Waals surface area contributed by atoms with Gasteiger partial charge in [-0.05, 0) is 30.5 Å². The molecule has 5 nitrogen and oxygen atoms in total. The molecule has 0 spiro atoms. The molecule has 0 aliphatic carbocycles. The topological polar surface area (TPSA) is 53.4 Å². The smallest absolute Gasteiger partial charge is 0.263 e. The zero-order valence-electron chi connectivity index (χ0n) is 15.5. The summed E-state index contributed by atoms with van der Waals surface area (Å²) < 4.78 is 25.9. The highest BCUT2D eigenvalue weighted by molar-refractivity contribution is 7.99. The van der Waals surface area contributed by atoms with Crippen LogP contribution < -0.4 is 5.56 Å². The van der Waals surface area contributed by atoms with Crippen LogP contribution in [0.2, 0.25) is 0 Å². The number of hydrogen-bond acceptors (Lipinski definition) is 6. The Morgan fingerprint density at radius 2 is 2.21 bits per heavy atom. The summed E-state index contributed by atoms with van der Waals surface area (Å²) in [5.41, 5.74) is 1.52. The van der Waals surface area contributed by atoms with E-state index in [1.165, 1.54) is 23.5 Å². The van der Waals surface area contributed by atoms with Crippen LogP contribution >= 0.6 is 23.1 Å². The van der Waals surface area contributed by atoms with E-state index >= 15 is 0 Å². The summed E-state index contributed by atoms with van der Waals surface area (Å²) >= 11 is 3.00. The fourth-order valence-corrected chi connectivity index (χ4v) is 5.36. The van der Waals surface area contributed by atoms with Gasteiger partial charge in [0.15, 0.2) is 5.16 Å². The van der Waals surface area contributed by atoms with Gasteiger partial charge >= 0.3 is 0 Å². The normalized spacial score (nSPS) is 16.9. The molecule has 3 heterocycles. The average molecular weight is 421 g/mol. The van der Waals surface area contributed by atoms with E-state index in [4.69, 9.17) is 14.5 Å². The monoisotopic (exact) mass is 420 g/mol. The van der Waals surface area contributed by atoms with Gasteiger partial charge < -0.3 is 9.47 Å². The second-order valence-corrected chi connectivity index (χ2v) is 8.47. The number of thioether (sulfide) groups is 1. The van der Waals surface area contributed by atoms with Gasteiger partial charge in [-0.1, -0.05) is 23.9 Å². The van der Waals surface area contributed by atoms with Crippen LogP contribution in [-0.2, 0) is 16.0 Å². The van der Waals surface area contributed by atoms with Crippen molar-refractivity contribution < 1.29 is 13.9 Å². The predicted molar refractivity (Wildman–Crippen MR) is 111 cm³/mol. The first-order valence-electron chi connectivity index (χ1n) is 9.18. The molecule has 0 saturated carbocycles. The van der Waals surface area contributed by atoms with Crippen molar-refractivity contribution in [3.63, 3.8) is 0 Å². The maximum absolute atomic E-state index is 13.3. The molecule has 28 heavy (non-hydrogen) atoms. The average Bonchev–Trinajstić information content (AvgIpc) is 3.36. The molecular formula is C20H21FN2O3S2. The molecule has 1 aliphatic rings. The summed E-state index contributed by atoms with van der Waals surface area (Å²) in [5.74, 6) is 0.480. The lowest BCUT2D eigenvalue weighted by Gasteiger charge is -2.14. The lowest BCUT2D eigenvalue weighted by atomic mass is 10.1.